The maximum absolute atomic E-state index is 13.2. The number of pyridine rings is 1. The highest BCUT2D eigenvalue weighted by molar-refractivity contribution is 5.88. The molecule has 1 fully saturated rings. The van der Waals surface area contributed by atoms with Crippen molar-refractivity contribution in [2.75, 3.05) is 13.1 Å². The molecule has 40 heavy (non-hydrogen) atoms. The average molecular weight is 551 g/mol. The number of carbonyl (C=O) groups excluding carboxylic acids is 3. The van der Waals surface area contributed by atoms with Gasteiger partial charge < -0.3 is 21.1 Å². The fourth-order valence-corrected chi connectivity index (χ4v) is 5.16. The van der Waals surface area contributed by atoms with Crippen LogP contribution < -0.4 is 21.1 Å². The minimum Gasteiger partial charge on any atom is -0.426 e. The number of hydrogen-bond acceptors (Lipinski definition) is 6. The van der Waals surface area contributed by atoms with Crippen LogP contribution in [0, 0.1) is 11.8 Å². The average Bonchev–Trinajstić information content (AvgIpc) is 2.97. The lowest BCUT2D eigenvalue weighted by atomic mass is 9.81. The zero-order chi connectivity index (χ0) is 28.6. The zero-order valence-electron chi connectivity index (χ0n) is 23.9. The van der Waals surface area contributed by atoms with Crippen molar-refractivity contribution in [1.29, 1.82) is 0 Å². The molecule has 1 aliphatic carbocycles. The van der Waals surface area contributed by atoms with Crippen LogP contribution in [0.2, 0.25) is 0 Å². The summed E-state index contributed by atoms with van der Waals surface area (Å²) in [6, 6.07) is 10.0. The minimum absolute atomic E-state index is 0.0585. The monoisotopic (exact) mass is 550 g/mol. The molecule has 1 aliphatic rings. The summed E-state index contributed by atoms with van der Waals surface area (Å²) in [5, 5.41) is 6.07. The van der Waals surface area contributed by atoms with E-state index in [4.69, 9.17) is 10.5 Å². The lowest BCUT2D eigenvalue weighted by Crippen LogP contribution is -2.50. The Labute approximate surface area is 238 Å². The molecule has 0 aliphatic heterocycles. The number of hydrogen-bond donors (Lipinski definition) is 3. The Bertz CT molecular complexity index is 1040. The predicted molar refractivity (Wildman–Crippen MR) is 157 cm³/mol. The van der Waals surface area contributed by atoms with E-state index in [1.807, 2.05) is 12.1 Å². The maximum atomic E-state index is 13.2. The highest BCUT2D eigenvalue weighted by Crippen LogP contribution is 2.28. The summed E-state index contributed by atoms with van der Waals surface area (Å²) in [5.41, 5.74) is 7.52. The Morgan fingerprint density at radius 3 is 2.27 bits per heavy atom. The SMILES string of the molecule is CCCCCCCCNC(=O)[C@H](Cc1ccc(OC(=O)Cc2ccncc2)cc1)NC(=O)C1CCC(CN)CC1. The van der Waals surface area contributed by atoms with Crippen molar-refractivity contribution in [3.05, 3.63) is 59.9 Å². The summed E-state index contributed by atoms with van der Waals surface area (Å²) in [7, 11) is 0. The molecule has 1 saturated carbocycles. The molecule has 8 heteroatoms. The van der Waals surface area contributed by atoms with E-state index in [2.05, 4.69) is 22.5 Å². The van der Waals surface area contributed by atoms with Gasteiger partial charge in [-0.05, 0) is 80.0 Å². The number of benzene rings is 1. The number of amides is 2. The highest BCUT2D eigenvalue weighted by Gasteiger charge is 2.29. The predicted octanol–water partition coefficient (Wildman–Crippen LogP) is 4.50. The van der Waals surface area contributed by atoms with Crippen molar-refractivity contribution in [2.24, 2.45) is 17.6 Å². The molecular formula is C32H46N4O4. The van der Waals surface area contributed by atoms with Crippen molar-refractivity contribution >= 4 is 17.8 Å². The van der Waals surface area contributed by atoms with Gasteiger partial charge in [-0.2, -0.15) is 0 Å². The molecule has 3 rings (SSSR count). The largest absolute Gasteiger partial charge is 0.426 e. The number of esters is 1. The second-order valence-corrected chi connectivity index (χ2v) is 10.9. The molecule has 1 atom stereocenters. The van der Waals surface area contributed by atoms with E-state index < -0.39 is 6.04 Å². The number of carbonyl (C=O) groups is 3. The minimum atomic E-state index is -0.667. The molecule has 2 aromatic rings. The van der Waals surface area contributed by atoms with Crippen molar-refractivity contribution in [2.45, 2.75) is 90.0 Å². The first-order valence-electron chi connectivity index (χ1n) is 14.9. The smallest absolute Gasteiger partial charge is 0.315 e. The van der Waals surface area contributed by atoms with Gasteiger partial charge in [0.05, 0.1) is 6.42 Å². The first kappa shape index (κ1) is 31.3. The van der Waals surface area contributed by atoms with Gasteiger partial charge in [0.2, 0.25) is 11.8 Å². The Balaban J connectivity index is 1.56. The molecule has 0 unspecified atom stereocenters. The van der Waals surface area contributed by atoms with Gasteiger partial charge in [-0.25, -0.2) is 0 Å². The molecular weight excluding hydrogens is 504 g/mol. The van der Waals surface area contributed by atoms with Crippen molar-refractivity contribution < 1.29 is 19.1 Å². The first-order valence-corrected chi connectivity index (χ1v) is 14.9. The van der Waals surface area contributed by atoms with Crippen molar-refractivity contribution in [1.82, 2.24) is 15.6 Å². The van der Waals surface area contributed by atoms with E-state index >= 15 is 0 Å². The van der Waals surface area contributed by atoms with Crippen LogP contribution in [-0.4, -0.2) is 41.9 Å². The second kappa shape index (κ2) is 17.4. The second-order valence-electron chi connectivity index (χ2n) is 10.9. The van der Waals surface area contributed by atoms with Crippen molar-refractivity contribution in [3.8, 4) is 5.75 Å². The fraction of sp³-hybridized carbons (Fsp3) is 0.562. The Kier molecular flexibility index (Phi) is 13.6. The summed E-state index contributed by atoms with van der Waals surface area (Å²) in [4.78, 5) is 42.5. The highest BCUT2D eigenvalue weighted by atomic mass is 16.5. The third-order valence-electron chi connectivity index (χ3n) is 7.71. The fourth-order valence-electron chi connectivity index (χ4n) is 5.16. The number of ether oxygens (including phenoxy) is 1. The molecule has 8 nitrogen and oxygen atoms in total. The summed E-state index contributed by atoms with van der Waals surface area (Å²) in [6.45, 7) is 3.46. The molecule has 1 aromatic heterocycles. The normalized spacial score (nSPS) is 17.6. The molecule has 1 aromatic carbocycles. The van der Waals surface area contributed by atoms with Gasteiger partial charge in [0, 0.05) is 31.3 Å². The summed E-state index contributed by atoms with van der Waals surface area (Å²) in [5.74, 6) is 0.258. The van der Waals surface area contributed by atoms with Gasteiger partial charge in [-0.3, -0.25) is 19.4 Å². The quantitative estimate of drug-likeness (QED) is 0.161. The standard InChI is InChI=1S/C32H46N4O4/c1-2-3-4-5-6-7-18-35-32(39)29(36-31(38)27-12-8-26(23-33)9-13-27)21-24-10-14-28(15-11-24)40-30(37)22-25-16-19-34-20-17-25/h10-11,14-17,19-20,26-27,29H,2-9,12-13,18,21-23,33H2,1H3,(H,35,39)(H,36,38)/t26?,27?,29-/m0/s1. The summed E-state index contributed by atoms with van der Waals surface area (Å²) >= 11 is 0. The van der Waals surface area contributed by atoms with Crippen LogP contribution in [0.4, 0.5) is 0 Å². The number of nitrogens with one attached hydrogen (secondary N) is 2. The van der Waals surface area contributed by atoms with E-state index in [9.17, 15) is 14.4 Å². The Morgan fingerprint density at radius 1 is 0.925 bits per heavy atom. The lowest BCUT2D eigenvalue weighted by molar-refractivity contribution is -0.133. The molecule has 4 N–H and O–H groups in total. The van der Waals surface area contributed by atoms with E-state index in [1.165, 1.54) is 25.7 Å². The van der Waals surface area contributed by atoms with E-state index in [1.54, 1.807) is 36.7 Å². The van der Waals surface area contributed by atoms with Crippen LogP contribution in [0.1, 0.15) is 82.3 Å². The number of nitrogens with zero attached hydrogens (tertiary/aromatic N) is 1. The molecule has 2 amide bonds. The molecule has 0 saturated heterocycles. The van der Waals surface area contributed by atoms with Gasteiger partial charge in [0.25, 0.3) is 0 Å². The first-order chi connectivity index (χ1) is 19.5. The number of nitrogens with two attached hydrogens (primary N) is 1. The third-order valence-corrected chi connectivity index (χ3v) is 7.71. The summed E-state index contributed by atoms with van der Waals surface area (Å²) < 4.78 is 5.47. The van der Waals surface area contributed by atoms with Crippen LogP contribution in [0.15, 0.2) is 48.8 Å². The summed E-state index contributed by atoms with van der Waals surface area (Å²) in [6.07, 6.45) is 14.2. The van der Waals surface area contributed by atoms with Crippen LogP contribution in [0.3, 0.4) is 0 Å². The number of rotatable bonds is 16. The Hall–Kier alpha value is -3.26. The van der Waals surface area contributed by atoms with E-state index in [-0.39, 0.29) is 30.1 Å². The molecule has 0 radical (unpaired) electrons. The van der Waals surface area contributed by atoms with E-state index in [0.29, 0.717) is 31.2 Å². The van der Waals surface area contributed by atoms with Gasteiger partial charge in [0.1, 0.15) is 11.8 Å². The number of unbranched alkanes of at least 4 members (excludes halogenated alkanes) is 5. The van der Waals surface area contributed by atoms with Crippen LogP contribution >= 0.6 is 0 Å². The van der Waals surface area contributed by atoms with Crippen LogP contribution in [-0.2, 0) is 27.2 Å². The Morgan fingerprint density at radius 2 is 1.60 bits per heavy atom. The maximum Gasteiger partial charge on any atom is 0.315 e. The van der Waals surface area contributed by atoms with Gasteiger partial charge in [-0.1, -0.05) is 51.2 Å². The molecule has 218 valence electrons. The molecule has 0 bridgehead atoms. The van der Waals surface area contributed by atoms with Gasteiger partial charge in [0.15, 0.2) is 0 Å². The van der Waals surface area contributed by atoms with Gasteiger partial charge >= 0.3 is 5.97 Å². The van der Waals surface area contributed by atoms with E-state index in [0.717, 1.165) is 49.7 Å². The third kappa shape index (κ3) is 11.1. The van der Waals surface area contributed by atoms with Crippen LogP contribution in [0.5, 0.6) is 5.75 Å². The molecule has 1 heterocycles. The zero-order valence-corrected chi connectivity index (χ0v) is 23.9. The topological polar surface area (TPSA) is 123 Å². The van der Waals surface area contributed by atoms with Crippen LogP contribution in [0.25, 0.3) is 0 Å². The molecule has 0 spiro atoms. The number of aromatic nitrogens is 1. The lowest BCUT2D eigenvalue weighted by Gasteiger charge is -2.28. The van der Waals surface area contributed by atoms with Gasteiger partial charge in [-0.15, -0.1) is 0 Å². The van der Waals surface area contributed by atoms with Crippen molar-refractivity contribution in [3.63, 3.8) is 0 Å².